The molecule has 8 rings (SSSR count). The summed E-state index contributed by atoms with van der Waals surface area (Å²) in [5, 5.41) is 14.7. The minimum atomic E-state index is -1.02. The highest BCUT2D eigenvalue weighted by Crippen LogP contribution is 2.56. The first kappa shape index (κ1) is 34.0. The van der Waals surface area contributed by atoms with Gasteiger partial charge >= 0.3 is 5.97 Å². The van der Waals surface area contributed by atoms with Gasteiger partial charge in [0.1, 0.15) is 11.3 Å². The van der Waals surface area contributed by atoms with E-state index in [-0.39, 0.29) is 5.41 Å². The first-order chi connectivity index (χ1) is 24.1. The van der Waals surface area contributed by atoms with Crippen molar-refractivity contribution in [3.05, 3.63) is 87.7 Å². The molecular weight excluding hydrogens is 644 g/mol. The molecule has 266 valence electrons. The average Bonchev–Trinajstić information content (AvgIpc) is 3.34. The molecule has 2 spiro atoms. The lowest BCUT2D eigenvalue weighted by molar-refractivity contribution is -0.144. The minimum Gasteiger partial charge on any atom is -0.493 e. The number of nitrogens with zero attached hydrogens (tertiary/aromatic N) is 3. The molecule has 3 aliphatic carbocycles. The van der Waals surface area contributed by atoms with Gasteiger partial charge in [-0.05, 0) is 129 Å². The molecule has 3 heterocycles. The van der Waals surface area contributed by atoms with Crippen LogP contribution in [0.2, 0.25) is 5.02 Å². The van der Waals surface area contributed by atoms with E-state index in [4.69, 9.17) is 16.3 Å². The summed E-state index contributed by atoms with van der Waals surface area (Å²) in [6.07, 6.45) is 10.3. The molecule has 2 N–H and O–H groups in total. The zero-order chi connectivity index (χ0) is 34.7. The summed E-state index contributed by atoms with van der Waals surface area (Å²) in [7, 11) is 2.22. The van der Waals surface area contributed by atoms with E-state index in [2.05, 4.69) is 65.3 Å². The topological polar surface area (TPSA) is 77.9 Å². The van der Waals surface area contributed by atoms with Crippen molar-refractivity contribution in [3.8, 4) is 5.75 Å². The number of likely N-dealkylation sites (tertiary alicyclic amines) is 2. The van der Waals surface area contributed by atoms with Crippen molar-refractivity contribution in [3.63, 3.8) is 0 Å². The molecule has 2 aromatic carbocycles. The van der Waals surface area contributed by atoms with Crippen molar-refractivity contribution in [2.75, 3.05) is 45.2 Å². The smallest absolute Gasteiger partial charge is 0.329 e. The third-order valence-electron chi connectivity index (χ3n) is 13.1. The normalized spacial score (nSPS) is 29.1. The van der Waals surface area contributed by atoms with Gasteiger partial charge in [-0.2, -0.15) is 0 Å². The summed E-state index contributed by atoms with van der Waals surface area (Å²) in [4.78, 5) is 22.7. The Morgan fingerprint density at radius 3 is 2.64 bits per heavy atom. The fourth-order valence-electron chi connectivity index (χ4n) is 10.8. The Balaban J connectivity index is 1.02. The Hall–Kier alpha value is -3.13. The summed E-state index contributed by atoms with van der Waals surface area (Å²) < 4.78 is 6.61. The van der Waals surface area contributed by atoms with E-state index >= 15 is 0 Å². The number of carboxylic acids is 1. The molecule has 8 heteroatoms. The van der Waals surface area contributed by atoms with Gasteiger partial charge in [-0.15, -0.1) is 0 Å². The second-order valence-corrected chi connectivity index (χ2v) is 17.4. The summed E-state index contributed by atoms with van der Waals surface area (Å²) >= 11 is 6.31. The molecule has 3 fully saturated rings. The van der Waals surface area contributed by atoms with Crippen LogP contribution in [0, 0.1) is 17.3 Å². The van der Waals surface area contributed by atoms with Crippen molar-refractivity contribution >= 4 is 23.3 Å². The molecule has 7 nitrogen and oxygen atoms in total. The second-order valence-electron chi connectivity index (χ2n) is 17.0. The Kier molecular flexibility index (Phi) is 8.92. The molecule has 3 aromatic rings. The highest BCUT2D eigenvalue weighted by molar-refractivity contribution is 6.30. The zero-order valence-electron chi connectivity index (χ0n) is 30.0. The van der Waals surface area contributed by atoms with Crippen molar-refractivity contribution < 1.29 is 14.6 Å². The van der Waals surface area contributed by atoms with Crippen molar-refractivity contribution in [1.29, 1.82) is 0 Å². The molecule has 3 atom stereocenters. The number of nitrogens with one attached hydrogen (secondary N) is 1. The molecule has 50 heavy (non-hydrogen) atoms. The highest BCUT2D eigenvalue weighted by atomic mass is 35.5. The maximum absolute atomic E-state index is 13.0. The van der Waals surface area contributed by atoms with Crippen LogP contribution >= 0.6 is 11.6 Å². The molecule has 5 aliphatic rings. The van der Waals surface area contributed by atoms with E-state index in [1.54, 1.807) is 0 Å². The fraction of sp³-hybridized carbons (Fsp3) is 0.571. The van der Waals surface area contributed by atoms with Gasteiger partial charge in [0.15, 0.2) is 0 Å². The maximum atomic E-state index is 13.0. The van der Waals surface area contributed by atoms with Gasteiger partial charge in [0.2, 0.25) is 0 Å². The number of hydrogen-bond donors (Lipinski definition) is 2. The van der Waals surface area contributed by atoms with Crippen molar-refractivity contribution in [2.45, 2.75) is 95.1 Å². The SMILES string of the molecule is C[C@@H](COc1ccnc2c1[C@H](C)CCC2)C[C@H]1Cc2ccc(CN3CC4(CN(C)C4)C3)cc2C12CCC(Nc1cccc(Cl)c1)(C(=O)O)CC2. The van der Waals surface area contributed by atoms with Crippen LogP contribution in [-0.2, 0) is 29.6 Å². The third-order valence-corrected chi connectivity index (χ3v) is 13.3. The Morgan fingerprint density at radius 2 is 1.90 bits per heavy atom. The van der Waals surface area contributed by atoms with Crippen LogP contribution in [0.3, 0.4) is 0 Å². The first-order valence-corrected chi connectivity index (χ1v) is 19.3. The molecule has 0 bridgehead atoms. The minimum absolute atomic E-state index is 0.0498. The summed E-state index contributed by atoms with van der Waals surface area (Å²) in [5.74, 6) is 1.52. The van der Waals surface area contributed by atoms with Crippen LogP contribution < -0.4 is 10.1 Å². The number of halogens is 1. The molecule has 0 unspecified atom stereocenters. The van der Waals surface area contributed by atoms with Crippen LogP contribution in [0.25, 0.3) is 0 Å². The fourth-order valence-corrected chi connectivity index (χ4v) is 11.0. The molecule has 2 aliphatic heterocycles. The van der Waals surface area contributed by atoms with Gasteiger partial charge in [0, 0.05) is 66.3 Å². The van der Waals surface area contributed by atoms with Gasteiger partial charge in [-0.25, -0.2) is 4.79 Å². The van der Waals surface area contributed by atoms with Crippen molar-refractivity contribution in [2.24, 2.45) is 17.3 Å². The predicted molar refractivity (Wildman–Crippen MR) is 199 cm³/mol. The number of carboxylic acid groups (broad SMARTS) is 1. The van der Waals surface area contributed by atoms with E-state index in [9.17, 15) is 9.90 Å². The molecule has 0 amide bonds. The summed E-state index contributed by atoms with van der Waals surface area (Å²) in [6, 6.07) is 16.8. The molecule has 2 saturated heterocycles. The number of rotatable bonds is 10. The number of aromatic nitrogens is 1. The van der Waals surface area contributed by atoms with Crippen molar-refractivity contribution in [1.82, 2.24) is 14.8 Å². The van der Waals surface area contributed by atoms with E-state index in [1.807, 2.05) is 30.5 Å². The lowest BCUT2D eigenvalue weighted by atomic mass is 9.59. The third kappa shape index (κ3) is 6.22. The highest BCUT2D eigenvalue weighted by Gasteiger charge is 2.54. The van der Waals surface area contributed by atoms with E-state index in [0.717, 1.165) is 50.1 Å². The second kappa shape index (κ2) is 13.1. The Labute approximate surface area is 302 Å². The van der Waals surface area contributed by atoms with Gasteiger partial charge in [0.25, 0.3) is 0 Å². The van der Waals surface area contributed by atoms with Crippen LogP contribution in [0.4, 0.5) is 5.69 Å². The number of benzene rings is 2. The van der Waals surface area contributed by atoms with Gasteiger partial charge < -0.3 is 20.1 Å². The molecular formula is C42H53ClN4O3. The first-order valence-electron chi connectivity index (χ1n) is 19.0. The number of hydrogen-bond acceptors (Lipinski definition) is 6. The van der Waals surface area contributed by atoms with Crippen LogP contribution in [-0.4, -0.2) is 71.2 Å². The number of pyridine rings is 1. The van der Waals surface area contributed by atoms with Crippen LogP contribution in [0.15, 0.2) is 54.7 Å². The number of aryl methyl sites for hydroxylation is 1. The number of carbonyl (C=O) groups is 1. The van der Waals surface area contributed by atoms with Crippen LogP contribution in [0.5, 0.6) is 5.75 Å². The maximum Gasteiger partial charge on any atom is 0.329 e. The Bertz CT molecular complexity index is 1740. The standard InChI is InChI=1S/C42H53ClN4O3/c1-28(23-50-37-12-17-44-36-9-4-6-29(2)38(36)37)18-32-20-31-11-10-30(22-47-26-40(27-47)24-46(3)25-40)19-35(31)41(32)13-15-42(16-14-41,39(48)49)45-34-8-5-7-33(43)21-34/h5,7-8,10-12,17,19,21,28-29,32,45H,4,6,9,13-16,18,20,22-27H2,1-3H3,(H,48,49)/t28-,29-,32+,41?,42?/m1/s1. The lowest BCUT2D eigenvalue weighted by Gasteiger charge is -2.59. The van der Waals surface area contributed by atoms with E-state index < -0.39 is 11.5 Å². The monoisotopic (exact) mass is 696 g/mol. The molecule has 1 saturated carbocycles. The average molecular weight is 697 g/mol. The van der Waals surface area contributed by atoms with Gasteiger partial charge in [-0.3, -0.25) is 9.88 Å². The summed E-state index contributed by atoms with van der Waals surface area (Å²) in [6.45, 7) is 11.1. The number of fused-ring (bicyclic) bond motifs is 3. The molecule has 0 radical (unpaired) electrons. The van der Waals surface area contributed by atoms with E-state index in [0.29, 0.717) is 47.6 Å². The lowest BCUT2D eigenvalue weighted by Crippen LogP contribution is -2.70. The van der Waals surface area contributed by atoms with Gasteiger partial charge in [-0.1, -0.05) is 49.7 Å². The number of ether oxygens (including phenoxy) is 1. The molecule has 1 aromatic heterocycles. The van der Waals surface area contributed by atoms with Crippen LogP contribution in [0.1, 0.15) is 92.7 Å². The number of anilines is 1. The predicted octanol–water partition coefficient (Wildman–Crippen LogP) is 7.95. The quantitative estimate of drug-likeness (QED) is 0.223. The zero-order valence-corrected chi connectivity index (χ0v) is 30.8. The van der Waals surface area contributed by atoms with Gasteiger partial charge in [0.05, 0.1) is 6.61 Å². The summed E-state index contributed by atoms with van der Waals surface area (Å²) in [5.41, 5.74) is 7.06. The largest absolute Gasteiger partial charge is 0.493 e. The van der Waals surface area contributed by atoms with E-state index in [1.165, 1.54) is 67.0 Å². The Morgan fingerprint density at radius 1 is 1.10 bits per heavy atom. The number of aliphatic carboxylic acids is 1.